The molecule has 122 valence electrons. The average Bonchev–Trinajstić information content (AvgIpc) is 3.31. The number of aryl methyl sites for hydroxylation is 1. The summed E-state index contributed by atoms with van der Waals surface area (Å²) >= 11 is 0. The number of carbonyl (C=O) groups is 2. The van der Waals surface area contributed by atoms with Crippen molar-refractivity contribution in [1.82, 2.24) is 19.8 Å². The van der Waals surface area contributed by atoms with Gasteiger partial charge in [-0.05, 0) is 31.9 Å². The van der Waals surface area contributed by atoms with Crippen LogP contribution in [0.1, 0.15) is 19.8 Å². The van der Waals surface area contributed by atoms with Crippen LogP contribution in [0.4, 0.5) is 0 Å². The fourth-order valence-corrected chi connectivity index (χ4v) is 2.62. The molecule has 0 aliphatic heterocycles. The lowest BCUT2D eigenvalue weighted by molar-refractivity contribution is -0.126. The number of carbonyl (C=O) groups excluding carboxylic acids is 2. The van der Waals surface area contributed by atoms with Crippen molar-refractivity contribution >= 4 is 22.8 Å². The van der Waals surface area contributed by atoms with Crippen molar-refractivity contribution in [1.29, 1.82) is 0 Å². The molecule has 23 heavy (non-hydrogen) atoms. The molecule has 1 saturated carbocycles. The number of amides is 2. The van der Waals surface area contributed by atoms with Crippen LogP contribution in [0.3, 0.4) is 0 Å². The summed E-state index contributed by atoms with van der Waals surface area (Å²) in [6.45, 7) is 2.28. The van der Waals surface area contributed by atoms with Gasteiger partial charge in [-0.3, -0.25) is 18.7 Å². The van der Waals surface area contributed by atoms with Crippen LogP contribution >= 0.6 is 0 Å². The highest BCUT2D eigenvalue weighted by Crippen LogP contribution is 2.18. The Balaban J connectivity index is 1.70. The summed E-state index contributed by atoms with van der Waals surface area (Å²) in [5.74, 6) is -0.541. The highest BCUT2D eigenvalue weighted by atomic mass is 16.2. The standard InChI is InChI=1S/C16H20N4O3/c1-2-19-12-5-3-4-6-13(12)20(16(19)23)10-15(22)17-9-14(21)18-11-7-8-11/h3-6,11H,2,7-10H2,1H3,(H,17,22)(H,18,21). The minimum atomic E-state index is -0.350. The highest BCUT2D eigenvalue weighted by molar-refractivity contribution is 5.86. The van der Waals surface area contributed by atoms with E-state index in [0.717, 1.165) is 23.9 Å². The Morgan fingerprint density at radius 1 is 1.13 bits per heavy atom. The number of rotatable bonds is 6. The van der Waals surface area contributed by atoms with E-state index >= 15 is 0 Å². The molecular formula is C16H20N4O3. The predicted molar refractivity (Wildman–Crippen MR) is 86.0 cm³/mol. The van der Waals surface area contributed by atoms with Crippen LogP contribution in [-0.4, -0.2) is 33.5 Å². The molecule has 0 atom stereocenters. The molecule has 2 amide bonds. The lowest BCUT2D eigenvalue weighted by Crippen LogP contribution is -2.40. The van der Waals surface area contributed by atoms with Gasteiger partial charge in [0.25, 0.3) is 0 Å². The van der Waals surface area contributed by atoms with Crippen LogP contribution < -0.4 is 16.3 Å². The van der Waals surface area contributed by atoms with Gasteiger partial charge in [0, 0.05) is 12.6 Å². The summed E-state index contributed by atoms with van der Waals surface area (Å²) in [6.07, 6.45) is 2.01. The Bertz CT molecular complexity index is 801. The number of nitrogens with zero attached hydrogens (tertiary/aromatic N) is 2. The van der Waals surface area contributed by atoms with Crippen LogP contribution in [0.5, 0.6) is 0 Å². The number of nitrogens with one attached hydrogen (secondary N) is 2. The number of para-hydroxylation sites is 2. The fraction of sp³-hybridized carbons (Fsp3) is 0.438. The molecule has 1 aromatic heterocycles. The van der Waals surface area contributed by atoms with Crippen LogP contribution in [0.2, 0.25) is 0 Å². The molecule has 1 fully saturated rings. The monoisotopic (exact) mass is 316 g/mol. The predicted octanol–water partition coefficient (Wildman–Crippen LogP) is 0.218. The van der Waals surface area contributed by atoms with E-state index in [4.69, 9.17) is 0 Å². The fourth-order valence-electron chi connectivity index (χ4n) is 2.62. The molecule has 7 heteroatoms. The number of benzene rings is 1. The zero-order chi connectivity index (χ0) is 16.4. The van der Waals surface area contributed by atoms with Crippen LogP contribution in [0.15, 0.2) is 29.1 Å². The molecule has 0 bridgehead atoms. The van der Waals surface area contributed by atoms with Gasteiger partial charge in [-0.25, -0.2) is 4.79 Å². The largest absolute Gasteiger partial charge is 0.352 e. The van der Waals surface area contributed by atoms with Crippen molar-refractivity contribution in [3.63, 3.8) is 0 Å². The Labute approximate surface area is 133 Å². The Morgan fingerprint density at radius 3 is 2.39 bits per heavy atom. The lowest BCUT2D eigenvalue weighted by atomic mass is 10.3. The molecule has 3 rings (SSSR count). The van der Waals surface area contributed by atoms with Crippen molar-refractivity contribution < 1.29 is 9.59 Å². The zero-order valence-corrected chi connectivity index (χ0v) is 13.0. The third-order valence-corrected chi connectivity index (χ3v) is 3.93. The van der Waals surface area contributed by atoms with E-state index in [0.29, 0.717) is 6.54 Å². The van der Waals surface area contributed by atoms with Gasteiger partial charge in [0.05, 0.1) is 17.6 Å². The normalized spacial score (nSPS) is 14.0. The first kappa shape index (κ1) is 15.3. The summed E-state index contributed by atoms with van der Waals surface area (Å²) in [4.78, 5) is 36.0. The maximum Gasteiger partial charge on any atom is 0.329 e. The first-order valence-electron chi connectivity index (χ1n) is 7.84. The van der Waals surface area contributed by atoms with Gasteiger partial charge in [0.1, 0.15) is 6.54 Å². The van der Waals surface area contributed by atoms with Crippen molar-refractivity contribution in [2.24, 2.45) is 0 Å². The van der Waals surface area contributed by atoms with E-state index in [9.17, 15) is 14.4 Å². The summed E-state index contributed by atoms with van der Waals surface area (Å²) < 4.78 is 3.06. The number of hydrogen-bond donors (Lipinski definition) is 2. The molecule has 0 radical (unpaired) electrons. The molecule has 0 unspecified atom stereocenters. The highest BCUT2D eigenvalue weighted by Gasteiger charge is 2.23. The molecule has 7 nitrogen and oxygen atoms in total. The van der Waals surface area contributed by atoms with Gasteiger partial charge in [-0.15, -0.1) is 0 Å². The van der Waals surface area contributed by atoms with Crippen LogP contribution in [0.25, 0.3) is 11.0 Å². The van der Waals surface area contributed by atoms with Crippen LogP contribution in [0, 0.1) is 0 Å². The second kappa shape index (κ2) is 6.28. The van der Waals surface area contributed by atoms with Crippen molar-refractivity contribution in [2.75, 3.05) is 6.54 Å². The number of hydrogen-bond acceptors (Lipinski definition) is 3. The first-order valence-corrected chi connectivity index (χ1v) is 7.84. The lowest BCUT2D eigenvalue weighted by Gasteiger charge is -2.06. The molecule has 0 saturated heterocycles. The van der Waals surface area contributed by atoms with Crippen LogP contribution in [-0.2, 0) is 22.7 Å². The Kier molecular flexibility index (Phi) is 4.18. The van der Waals surface area contributed by atoms with Crippen molar-refractivity contribution in [3.05, 3.63) is 34.7 Å². The van der Waals surface area contributed by atoms with Crippen molar-refractivity contribution in [2.45, 2.75) is 38.9 Å². The second-order valence-corrected chi connectivity index (χ2v) is 5.72. The van der Waals surface area contributed by atoms with Gasteiger partial charge in [-0.2, -0.15) is 0 Å². The third kappa shape index (κ3) is 3.28. The minimum absolute atomic E-state index is 0.0590. The van der Waals surface area contributed by atoms with Gasteiger partial charge in [0.15, 0.2) is 0 Å². The SMILES string of the molecule is CCn1c(=O)n(CC(=O)NCC(=O)NC2CC2)c2ccccc21. The third-order valence-electron chi connectivity index (χ3n) is 3.93. The van der Waals surface area contributed by atoms with E-state index in [1.807, 2.05) is 31.2 Å². The molecule has 1 aromatic carbocycles. The number of aromatic nitrogens is 2. The maximum absolute atomic E-state index is 12.4. The average molecular weight is 316 g/mol. The molecule has 1 aliphatic carbocycles. The second-order valence-electron chi connectivity index (χ2n) is 5.72. The maximum atomic E-state index is 12.4. The van der Waals surface area contributed by atoms with Gasteiger partial charge in [-0.1, -0.05) is 12.1 Å². The smallest absolute Gasteiger partial charge is 0.329 e. The van der Waals surface area contributed by atoms with E-state index in [2.05, 4.69) is 10.6 Å². The van der Waals surface area contributed by atoms with E-state index in [1.165, 1.54) is 4.57 Å². The topological polar surface area (TPSA) is 85.1 Å². The zero-order valence-electron chi connectivity index (χ0n) is 13.0. The number of imidazole rings is 1. The molecule has 2 aromatic rings. The van der Waals surface area contributed by atoms with E-state index in [1.54, 1.807) is 4.57 Å². The summed E-state index contributed by atoms with van der Waals surface area (Å²) in [5.41, 5.74) is 1.31. The van der Waals surface area contributed by atoms with Crippen molar-refractivity contribution in [3.8, 4) is 0 Å². The molecule has 1 aliphatic rings. The Hall–Kier alpha value is -2.57. The molecule has 0 spiro atoms. The van der Waals surface area contributed by atoms with Gasteiger partial charge < -0.3 is 10.6 Å². The minimum Gasteiger partial charge on any atom is -0.352 e. The van der Waals surface area contributed by atoms with Gasteiger partial charge >= 0.3 is 5.69 Å². The van der Waals surface area contributed by atoms with E-state index in [-0.39, 0.29) is 36.6 Å². The van der Waals surface area contributed by atoms with Gasteiger partial charge in [0.2, 0.25) is 11.8 Å². The quantitative estimate of drug-likeness (QED) is 0.799. The number of fused-ring (bicyclic) bond motifs is 1. The molecule has 2 N–H and O–H groups in total. The first-order chi connectivity index (χ1) is 11.1. The summed E-state index contributed by atoms with van der Waals surface area (Å²) in [7, 11) is 0. The van der Waals surface area contributed by atoms with E-state index < -0.39 is 0 Å². The molecule has 1 heterocycles. The Morgan fingerprint density at radius 2 is 1.78 bits per heavy atom. The summed E-state index contributed by atoms with van der Waals surface area (Å²) in [6, 6.07) is 7.64. The summed E-state index contributed by atoms with van der Waals surface area (Å²) in [5, 5.41) is 5.36. The molecular weight excluding hydrogens is 296 g/mol.